The summed E-state index contributed by atoms with van der Waals surface area (Å²) in [5.41, 5.74) is 1.18. The first kappa shape index (κ1) is 14.3. The SMILES string of the molecule is COc1ccccc1CC(C(=O)O)c1ncccc1Cl. The van der Waals surface area contributed by atoms with Crippen LogP contribution in [0.1, 0.15) is 17.2 Å². The molecule has 1 aromatic carbocycles. The van der Waals surface area contributed by atoms with E-state index in [1.54, 1.807) is 31.5 Å². The number of aromatic nitrogens is 1. The maximum Gasteiger partial charge on any atom is 0.312 e. The van der Waals surface area contributed by atoms with E-state index in [0.717, 1.165) is 5.56 Å². The summed E-state index contributed by atoms with van der Waals surface area (Å²) in [6.45, 7) is 0. The fourth-order valence-electron chi connectivity index (χ4n) is 2.05. The predicted molar refractivity (Wildman–Crippen MR) is 76.3 cm³/mol. The minimum Gasteiger partial charge on any atom is -0.496 e. The molecule has 5 heteroatoms. The van der Waals surface area contributed by atoms with Gasteiger partial charge in [-0.2, -0.15) is 0 Å². The summed E-state index contributed by atoms with van der Waals surface area (Å²) in [5.74, 6) is -1.11. The van der Waals surface area contributed by atoms with Crippen LogP contribution in [0.3, 0.4) is 0 Å². The topological polar surface area (TPSA) is 59.4 Å². The number of benzene rings is 1. The third-order valence-corrected chi connectivity index (χ3v) is 3.35. The number of aliphatic carboxylic acids is 1. The minimum absolute atomic E-state index is 0.274. The first-order valence-electron chi connectivity index (χ1n) is 6.08. The lowest BCUT2D eigenvalue weighted by Crippen LogP contribution is -2.16. The minimum atomic E-state index is -0.962. The van der Waals surface area contributed by atoms with E-state index >= 15 is 0 Å². The lowest BCUT2D eigenvalue weighted by atomic mass is 9.95. The highest BCUT2D eigenvalue weighted by atomic mass is 35.5. The fourth-order valence-corrected chi connectivity index (χ4v) is 2.30. The van der Waals surface area contributed by atoms with Crippen LogP contribution >= 0.6 is 11.6 Å². The van der Waals surface area contributed by atoms with Crippen LogP contribution in [0, 0.1) is 0 Å². The molecule has 1 N–H and O–H groups in total. The highest BCUT2D eigenvalue weighted by Gasteiger charge is 2.25. The van der Waals surface area contributed by atoms with Crippen LogP contribution in [0.4, 0.5) is 0 Å². The van der Waals surface area contributed by atoms with E-state index in [9.17, 15) is 9.90 Å². The number of hydrogen-bond donors (Lipinski definition) is 1. The summed E-state index contributed by atoms with van der Waals surface area (Å²) in [4.78, 5) is 15.6. The monoisotopic (exact) mass is 291 g/mol. The third kappa shape index (κ3) is 3.08. The number of pyridine rings is 1. The molecule has 1 unspecified atom stereocenters. The standard InChI is InChI=1S/C15H14ClNO3/c1-20-13-7-3-2-5-10(13)9-11(15(18)19)14-12(16)6-4-8-17-14/h2-8,11H,9H2,1H3,(H,18,19). The smallest absolute Gasteiger partial charge is 0.312 e. The first-order chi connectivity index (χ1) is 9.63. The Kier molecular flexibility index (Phi) is 4.58. The molecule has 0 bridgehead atoms. The quantitative estimate of drug-likeness (QED) is 0.919. The van der Waals surface area contributed by atoms with Crippen LogP contribution in [-0.4, -0.2) is 23.2 Å². The Morgan fingerprint density at radius 3 is 2.75 bits per heavy atom. The Balaban J connectivity index is 2.36. The summed E-state index contributed by atoms with van der Waals surface area (Å²) >= 11 is 6.05. The maximum atomic E-state index is 11.5. The van der Waals surface area contributed by atoms with Gasteiger partial charge in [-0.15, -0.1) is 0 Å². The summed E-state index contributed by atoms with van der Waals surface area (Å²) in [6, 6.07) is 10.6. The second kappa shape index (κ2) is 6.39. The maximum absolute atomic E-state index is 11.5. The summed E-state index contributed by atoms with van der Waals surface area (Å²) in [7, 11) is 1.56. The lowest BCUT2D eigenvalue weighted by Gasteiger charge is -2.15. The largest absolute Gasteiger partial charge is 0.496 e. The highest BCUT2D eigenvalue weighted by Crippen LogP contribution is 2.29. The van der Waals surface area contributed by atoms with E-state index in [4.69, 9.17) is 16.3 Å². The normalized spacial score (nSPS) is 11.9. The zero-order chi connectivity index (χ0) is 14.5. The Labute approximate surface area is 122 Å². The van der Waals surface area contributed by atoms with E-state index in [2.05, 4.69) is 4.98 Å². The number of rotatable bonds is 5. The number of nitrogens with zero attached hydrogens (tertiary/aromatic N) is 1. The van der Waals surface area contributed by atoms with Gasteiger partial charge in [0.05, 0.1) is 17.8 Å². The van der Waals surface area contributed by atoms with Crippen LogP contribution in [0.15, 0.2) is 42.6 Å². The van der Waals surface area contributed by atoms with Gasteiger partial charge in [0.25, 0.3) is 0 Å². The average Bonchev–Trinajstić information content (AvgIpc) is 2.46. The number of carbonyl (C=O) groups is 1. The first-order valence-corrected chi connectivity index (χ1v) is 6.46. The average molecular weight is 292 g/mol. The molecule has 1 heterocycles. The molecule has 1 atom stereocenters. The van der Waals surface area contributed by atoms with Crippen molar-refractivity contribution in [2.24, 2.45) is 0 Å². The molecular formula is C15H14ClNO3. The molecule has 4 nitrogen and oxygen atoms in total. The Bertz CT molecular complexity index is 616. The number of hydrogen-bond acceptors (Lipinski definition) is 3. The van der Waals surface area contributed by atoms with Crippen molar-refractivity contribution in [1.29, 1.82) is 0 Å². The van der Waals surface area contributed by atoms with Gasteiger partial charge in [-0.3, -0.25) is 9.78 Å². The molecule has 0 radical (unpaired) electrons. The zero-order valence-corrected chi connectivity index (χ0v) is 11.7. The van der Waals surface area contributed by atoms with Gasteiger partial charge in [0.1, 0.15) is 11.7 Å². The van der Waals surface area contributed by atoms with E-state index in [0.29, 0.717) is 16.5 Å². The van der Waals surface area contributed by atoms with Crippen LogP contribution in [-0.2, 0) is 11.2 Å². The molecule has 0 spiro atoms. The number of ether oxygens (including phenoxy) is 1. The Morgan fingerprint density at radius 1 is 1.35 bits per heavy atom. The molecule has 2 aromatic rings. The van der Waals surface area contributed by atoms with Crippen molar-refractivity contribution in [3.8, 4) is 5.75 Å². The van der Waals surface area contributed by atoms with Crippen molar-refractivity contribution in [3.63, 3.8) is 0 Å². The molecule has 0 aliphatic carbocycles. The van der Waals surface area contributed by atoms with Crippen LogP contribution < -0.4 is 4.74 Å². The zero-order valence-electron chi connectivity index (χ0n) is 10.9. The van der Waals surface area contributed by atoms with E-state index < -0.39 is 11.9 Å². The predicted octanol–water partition coefficient (Wildman–Crippen LogP) is 3.15. The molecule has 104 valence electrons. The van der Waals surface area contributed by atoms with Gasteiger partial charge >= 0.3 is 5.97 Å². The van der Waals surface area contributed by atoms with Crippen molar-refractivity contribution >= 4 is 17.6 Å². The third-order valence-electron chi connectivity index (χ3n) is 3.03. The summed E-state index contributed by atoms with van der Waals surface area (Å²) in [6.07, 6.45) is 1.81. The molecule has 0 saturated carbocycles. The van der Waals surface area contributed by atoms with Gasteiger partial charge in [-0.25, -0.2) is 0 Å². The van der Waals surface area contributed by atoms with Crippen molar-refractivity contribution in [3.05, 3.63) is 58.9 Å². The van der Waals surface area contributed by atoms with Crippen molar-refractivity contribution in [2.45, 2.75) is 12.3 Å². The van der Waals surface area contributed by atoms with E-state index in [1.165, 1.54) is 0 Å². The van der Waals surface area contributed by atoms with Gasteiger partial charge in [0.15, 0.2) is 0 Å². The van der Waals surface area contributed by atoms with Gasteiger partial charge in [-0.05, 0) is 30.2 Å². The molecule has 0 aliphatic rings. The van der Waals surface area contributed by atoms with Crippen LogP contribution in [0.25, 0.3) is 0 Å². The van der Waals surface area contributed by atoms with E-state index in [-0.39, 0.29) is 6.42 Å². The molecule has 0 saturated heterocycles. The molecule has 0 fully saturated rings. The van der Waals surface area contributed by atoms with Gasteiger partial charge in [-0.1, -0.05) is 29.8 Å². The number of carboxylic acid groups (broad SMARTS) is 1. The second-order valence-electron chi connectivity index (χ2n) is 4.28. The van der Waals surface area contributed by atoms with Gasteiger partial charge in [0, 0.05) is 6.20 Å². The van der Waals surface area contributed by atoms with Crippen molar-refractivity contribution in [1.82, 2.24) is 4.98 Å². The molecule has 0 amide bonds. The molecular weight excluding hydrogens is 278 g/mol. The fraction of sp³-hybridized carbons (Fsp3) is 0.200. The molecule has 1 aromatic heterocycles. The summed E-state index contributed by atoms with van der Waals surface area (Å²) in [5, 5.41) is 9.79. The number of methoxy groups -OCH3 is 1. The van der Waals surface area contributed by atoms with Crippen LogP contribution in [0.2, 0.25) is 5.02 Å². The van der Waals surface area contributed by atoms with E-state index in [1.807, 2.05) is 18.2 Å². The molecule has 2 rings (SSSR count). The van der Waals surface area contributed by atoms with Gasteiger partial charge < -0.3 is 9.84 Å². The Hall–Kier alpha value is -2.07. The Morgan fingerprint density at radius 2 is 2.10 bits per heavy atom. The van der Waals surface area contributed by atoms with Crippen molar-refractivity contribution in [2.75, 3.05) is 7.11 Å². The van der Waals surface area contributed by atoms with Crippen molar-refractivity contribution < 1.29 is 14.6 Å². The lowest BCUT2D eigenvalue weighted by molar-refractivity contribution is -0.138. The van der Waals surface area contributed by atoms with Crippen LogP contribution in [0.5, 0.6) is 5.75 Å². The van der Waals surface area contributed by atoms with Gasteiger partial charge in [0.2, 0.25) is 0 Å². The number of carboxylic acids is 1. The molecule has 20 heavy (non-hydrogen) atoms. The number of halogens is 1. The second-order valence-corrected chi connectivity index (χ2v) is 4.68. The number of para-hydroxylation sites is 1. The highest BCUT2D eigenvalue weighted by molar-refractivity contribution is 6.31. The summed E-state index contributed by atoms with van der Waals surface area (Å²) < 4.78 is 5.25. The molecule has 0 aliphatic heterocycles.